The Labute approximate surface area is 174 Å². The first-order valence-corrected chi connectivity index (χ1v) is 11.6. The molecule has 0 aliphatic heterocycles. The molecular formula is C27H32O2. The zero-order chi connectivity index (χ0) is 19.6. The third kappa shape index (κ3) is 3.82. The maximum absolute atomic E-state index is 6.73. The molecule has 5 rings (SSSR count). The predicted octanol–water partition coefficient (Wildman–Crippen LogP) is 7.72. The molecule has 0 radical (unpaired) electrons. The molecule has 29 heavy (non-hydrogen) atoms. The number of fused-ring (bicyclic) bond motifs is 2. The molecule has 2 saturated carbocycles. The van der Waals surface area contributed by atoms with Crippen LogP contribution in [-0.2, 0) is 0 Å². The Balaban J connectivity index is 1.67. The van der Waals surface area contributed by atoms with Crippen LogP contribution in [0.25, 0.3) is 21.5 Å². The van der Waals surface area contributed by atoms with Gasteiger partial charge in [-0.1, -0.05) is 54.8 Å². The fourth-order valence-electron chi connectivity index (χ4n) is 5.17. The van der Waals surface area contributed by atoms with E-state index in [4.69, 9.17) is 9.47 Å². The SMILES string of the molecule is Cc1ccc2c(OC3CCCCC3)c3ccccc3c(OC3CCCCC3)c2c1. The first-order chi connectivity index (χ1) is 14.3. The summed E-state index contributed by atoms with van der Waals surface area (Å²) in [6.07, 6.45) is 13.1. The molecule has 2 aliphatic rings. The van der Waals surface area contributed by atoms with E-state index in [1.165, 1.54) is 91.3 Å². The van der Waals surface area contributed by atoms with E-state index in [9.17, 15) is 0 Å². The van der Waals surface area contributed by atoms with Crippen LogP contribution in [-0.4, -0.2) is 12.2 Å². The van der Waals surface area contributed by atoms with Crippen molar-refractivity contribution in [3.8, 4) is 11.5 Å². The average molecular weight is 389 g/mol. The van der Waals surface area contributed by atoms with Crippen molar-refractivity contribution in [3.63, 3.8) is 0 Å². The van der Waals surface area contributed by atoms with Crippen LogP contribution in [0.1, 0.15) is 69.8 Å². The molecule has 152 valence electrons. The van der Waals surface area contributed by atoms with Crippen molar-refractivity contribution in [1.82, 2.24) is 0 Å². The second-order valence-corrected chi connectivity index (χ2v) is 9.01. The summed E-state index contributed by atoms with van der Waals surface area (Å²) >= 11 is 0. The number of hydrogen-bond donors (Lipinski definition) is 0. The van der Waals surface area contributed by atoms with Crippen molar-refractivity contribution < 1.29 is 9.47 Å². The number of benzene rings is 3. The minimum atomic E-state index is 0.334. The maximum atomic E-state index is 6.73. The Morgan fingerprint density at radius 2 is 1.07 bits per heavy atom. The minimum Gasteiger partial charge on any atom is -0.489 e. The van der Waals surface area contributed by atoms with Gasteiger partial charge in [-0.05, 0) is 64.4 Å². The number of hydrogen-bond acceptors (Lipinski definition) is 2. The zero-order valence-corrected chi connectivity index (χ0v) is 17.6. The van der Waals surface area contributed by atoms with Crippen LogP contribution in [0, 0.1) is 6.92 Å². The molecule has 0 atom stereocenters. The van der Waals surface area contributed by atoms with Crippen molar-refractivity contribution in [2.24, 2.45) is 0 Å². The minimum absolute atomic E-state index is 0.334. The molecule has 2 fully saturated rings. The Morgan fingerprint density at radius 3 is 1.62 bits per heavy atom. The Bertz CT molecular complexity index is 994. The standard InChI is InChI=1S/C27H32O2/c1-19-16-17-24-25(18-19)27(29-21-12-6-3-7-13-21)23-15-9-8-14-22(23)26(24)28-20-10-4-2-5-11-20/h8-9,14-18,20-21H,2-7,10-13H2,1H3. The van der Waals surface area contributed by atoms with Gasteiger partial charge in [0.25, 0.3) is 0 Å². The molecule has 2 aliphatic carbocycles. The summed E-state index contributed by atoms with van der Waals surface area (Å²) < 4.78 is 13.4. The third-order valence-electron chi connectivity index (χ3n) is 6.75. The Morgan fingerprint density at radius 1 is 0.586 bits per heavy atom. The third-order valence-corrected chi connectivity index (χ3v) is 6.75. The van der Waals surface area contributed by atoms with E-state index in [1.807, 2.05) is 0 Å². The van der Waals surface area contributed by atoms with Gasteiger partial charge in [0.2, 0.25) is 0 Å². The highest BCUT2D eigenvalue weighted by atomic mass is 16.5. The van der Waals surface area contributed by atoms with Crippen LogP contribution in [0.2, 0.25) is 0 Å². The Hall–Kier alpha value is -2.22. The van der Waals surface area contributed by atoms with Gasteiger partial charge in [0.1, 0.15) is 11.5 Å². The van der Waals surface area contributed by atoms with Gasteiger partial charge in [0.05, 0.1) is 12.2 Å². The summed E-state index contributed by atoms with van der Waals surface area (Å²) in [5.74, 6) is 2.11. The molecule has 0 bridgehead atoms. The number of rotatable bonds is 4. The van der Waals surface area contributed by atoms with Crippen molar-refractivity contribution in [2.45, 2.75) is 83.3 Å². The topological polar surface area (TPSA) is 18.5 Å². The molecule has 0 spiro atoms. The van der Waals surface area contributed by atoms with Gasteiger partial charge >= 0.3 is 0 Å². The van der Waals surface area contributed by atoms with Gasteiger partial charge in [-0.25, -0.2) is 0 Å². The van der Waals surface area contributed by atoms with E-state index >= 15 is 0 Å². The quantitative estimate of drug-likeness (QED) is 0.426. The molecule has 2 heteroatoms. The average Bonchev–Trinajstić information content (AvgIpc) is 2.77. The van der Waals surface area contributed by atoms with Gasteiger partial charge < -0.3 is 9.47 Å². The zero-order valence-electron chi connectivity index (χ0n) is 17.6. The van der Waals surface area contributed by atoms with Crippen LogP contribution >= 0.6 is 0 Å². The normalized spacial score (nSPS) is 18.9. The lowest BCUT2D eigenvalue weighted by Gasteiger charge is -2.28. The molecule has 0 aromatic heterocycles. The molecule has 3 aromatic rings. The lowest BCUT2D eigenvalue weighted by Crippen LogP contribution is -2.21. The predicted molar refractivity (Wildman–Crippen MR) is 121 cm³/mol. The van der Waals surface area contributed by atoms with Gasteiger partial charge in [-0.2, -0.15) is 0 Å². The summed E-state index contributed by atoms with van der Waals surface area (Å²) in [6, 6.07) is 15.4. The van der Waals surface area contributed by atoms with Crippen molar-refractivity contribution in [3.05, 3.63) is 48.0 Å². The molecule has 0 amide bonds. The molecule has 0 saturated heterocycles. The van der Waals surface area contributed by atoms with Crippen molar-refractivity contribution in [2.75, 3.05) is 0 Å². The van der Waals surface area contributed by atoms with E-state index < -0.39 is 0 Å². The fourth-order valence-corrected chi connectivity index (χ4v) is 5.17. The molecular weight excluding hydrogens is 356 g/mol. The summed E-state index contributed by atoms with van der Waals surface area (Å²) in [6.45, 7) is 2.17. The largest absolute Gasteiger partial charge is 0.489 e. The van der Waals surface area contributed by atoms with Crippen molar-refractivity contribution in [1.29, 1.82) is 0 Å². The second kappa shape index (κ2) is 8.26. The number of ether oxygens (including phenoxy) is 2. The monoisotopic (exact) mass is 388 g/mol. The highest BCUT2D eigenvalue weighted by molar-refractivity contribution is 6.11. The highest BCUT2D eigenvalue weighted by Gasteiger charge is 2.23. The van der Waals surface area contributed by atoms with Crippen LogP contribution in [0.15, 0.2) is 42.5 Å². The van der Waals surface area contributed by atoms with Crippen LogP contribution in [0.3, 0.4) is 0 Å². The molecule has 0 heterocycles. The van der Waals surface area contributed by atoms with Crippen LogP contribution in [0.4, 0.5) is 0 Å². The second-order valence-electron chi connectivity index (χ2n) is 9.01. The maximum Gasteiger partial charge on any atom is 0.135 e. The van der Waals surface area contributed by atoms with Gasteiger partial charge in [-0.15, -0.1) is 0 Å². The first-order valence-electron chi connectivity index (χ1n) is 11.6. The first kappa shape index (κ1) is 18.8. The van der Waals surface area contributed by atoms with E-state index in [0.717, 1.165) is 11.5 Å². The van der Waals surface area contributed by atoms with E-state index in [0.29, 0.717) is 12.2 Å². The molecule has 0 unspecified atom stereocenters. The van der Waals surface area contributed by atoms with Crippen molar-refractivity contribution >= 4 is 21.5 Å². The summed E-state index contributed by atoms with van der Waals surface area (Å²) in [4.78, 5) is 0. The summed E-state index contributed by atoms with van der Waals surface area (Å²) in [5.41, 5.74) is 1.27. The smallest absolute Gasteiger partial charge is 0.135 e. The van der Waals surface area contributed by atoms with E-state index in [2.05, 4.69) is 49.4 Å². The van der Waals surface area contributed by atoms with E-state index in [1.54, 1.807) is 0 Å². The Kier molecular flexibility index (Phi) is 5.35. The van der Waals surface area contributed by atoms with E-state index in [-0.39, 0.29) is 0 Å². The number of aryl methyl sites for hydroxylation is 1. The lowest BCUT2D eigenvalue weighted by atomic mass is 9.95. The summed E-state index contributed by atoms with van der Waals surface area (Å²) in [5, 5.41) is 4.80. The van der Waals surface area contributed by atoms with Gasteiger partial charge in [-0.3, -0.25) is 0 Å². The van der Waals surface area contributed by atoms with Crippen LogP contribution in [0.5, 0.6) is 11.5 Å². The molecule has 3 aromatic carbocycles. The van der Waals surface area contributed by atoms with Gasteiger partial charge in [0.15, 0.2) is 0 Å². The lowest BCUT2D eigenvalue weighted by molar-refractivity contribution is 0.156. The molecule has 2 nitrogen and oxygen atoms in total. The molecule has 0 N–H and O–H groups in total. The highest BCUT2D eigenvalue weighted by Crippen LogP contribution is 2.45. The summed E-state index contributed by atoms with van der Waals surface area (Å²) in [7, 11) is 0. The fraction of sp³-hybridized carbons (Fsp3) is 0.481. The van der Waals surface area contributed by atoms with Gasteiger partial charge in [0, 0.05) is 21.5 Å². The van der Waals surface area contributed by atoms with Crippen LogP contribution < -0.4 is 9.47 Å².